The average molecular weight is 790 g/mol. The van der Waals surface area contributed by atoms with Crippen LogP contribution in [0.1, 0.15) is 22.3 Å². The van der Waals surface area contributed by atoms with Crippen LogP contribution in [0.5, 0.6) is 0 Å². The van der Waals surface area contributed by atoms with Gasteiger partial charge in [-0.3, -0.25) is 0 Å². The molecule has 0 saturated carbocycles. The third-order valence-corrected chi connectivity index (χ3v) is 13.0. The number of para-hydroxylation sites is 1. The van der Waals surface area contributed by atoms with Crippen LogP contribution in [0.25, 0.3) is 101 Å². The summed E-state index contributed by atoms with van der Waals surface area (Å²) in [6, 6.07) is 75.6. The van der Waals surface area contributed by atoms with Crippen LogP contribution >= 0.6 is 0 Å². The van der Waals surface area contributed by atoms with Gasteiger partial charge in [0.2, 0.25) is 0 Å². The second-order valence-electron chi connectivity index (χ2n) is 16.2. The molecule has 2 aromatic heterocycles. The number of hydrogen-bond acceptors (Lipinski definition) is 4. The van der Waals surface area contributed by atoms with Gasteiger partial charge in [0.05, 0.1) is 5.41 Å². The number of aromatic nitrogens is 3. The lowest BCUT2D eigenvalue weighted by atomic mass is 9.68. The average Bonchev–Trinajstić information content (AvgIpc) is 3.99. The van der Waals surface area contributed by atoms with E-state index in [4.69, 9.17) is 19.4 Å². The van der Waals surface area contributed by atoms with E-state index >= 15 is 0 Å². The molecule has 13 rings (SSSR count). The quantitative estimate of drug-likeness (QED) is 0.174. The number of rotatable bonds is 5. The van der Waals surface area contributed by atoms with E-state index in [9.17, 15) is 0 Å². The summed E-state index contributed by atoms with van der Waals surface area (Å²) in [6.07, 6.45) is 0. The van der Waals surface area contributed by atoms with E-state index in [1.54, 1.807) is 0 Å². The molecule has 288 valence electrons. The Morgan fingerprint density at radius 1 is 0.306 bits per heavy atom. The van der Waals surface area contributed by atoms with Crippen LogP contribution in [0.2, 0.25) is 0 Å². The lowest BCUT2D eigenvalue weighted by Gasteiger charge is -2.32. The Kier molecular flexibility index (Phi) is 7.49. The molecule has 1 spiro atoms. The summed E-state index contributed by atoms with van der Waals surface area (Å²) in [5.74, 6) is 1.87. The van der Waals surface area contributed by atoms with Crippen LogP contribution in [-0.2, 0) is 5.41 Å². The zero-order chi connectivity index (χ0) is 40.8. The topological polar surface area (TPSA) is 51.8 Å². The van der Waals surface area contributed by atoms with Crippen molar-refractivity contribution in [1.29, 1.82) is 0 Å². The van der Waals surface area contributed by atoms with Gasteiger partial charge in [0, 0.05) is 27.5 Å². The van der Waals surface area contributed by atoms with Crippen LogP contribution in [0.3, 0.4) is 0 Å². The Bertz CT molecular complexity index is 3520. The molecular weight excluding hydrogens is 755 g/mol. The first-order chi connectivity index (χ1) is 30.7. The number of nitrogens with zero attached hydrogens (tertiary/aromatic N) is 3. The zero-order valence-corrected chi connectivity index (χ0v) is 33.5. The van der Waals surface area contributed by atoms with Crippen LogP contribution < -0.4 is 0 Å². The molecule has 0 aliphatic heterocycles. The van der Waals surface area contributed by atoms with Crippen molar-refractivity contribution >= 4 is 21.9 Å². The van der Waals surface area contributed by atoms with E-state index in [1.165, 1.54) is 50.1 Å². The highest BCUT2D eigenvalue weighted by Crippen LogP contribution is 2.64. The van der Waals surface area contributed by atoms with Crippen molar-refractivity contribution in [1.82, 2.24) is 15.0 Å². The molecule has 0 atom stereocenters. The van der Waals surface area contributed by atoms with Crippen LogP contribution in [0.15, 0.2) is 217 Å². The minimum absolute atomic E-state index is 0.463. The Labute approximate surface area is 358 Å². The minimum atomic E-state index is -0.463. The van der Waals surface area contributed by atoms with Crippen molar-refractivity contribution in [2.75, 3.05) is 0 Å². The summed E-state index contributed by atoms with van der Waals surface area (Å²) < 4.78 is 6.22. The summed E-state index contributed by atoms with van der Waals surface area (Å²) in [6.45, 7) is 0. The fraction of sp³-hybridized carbons (Fsp3) is 0.0172. The van der Waals surface area contributed by atoms with E-state index in [0.29, 0.717) is 17.5 Å². The standard InChI is InChI=1S/C58H35N3O/c1-2-15-37(16-3-1)55-59-56(38-33-31-36(32-34-38)41-23-14-30-52-53(41)47-22-7-11-29-51(47)62-52)61-57(60-55)40-18-12-17-39(35-40)42-24-13-25-46-45-21-6-10-28-50(45)58(54(42)46)48-26-8-4-19-43(48)44-20-5-9-27-49(44)58/h1-35H. The lowest BCUT2D eigenvalue weighted by molar-refractivity contribution is 0.669. The van der Waals surface area contributed by atoms with Gasteiger partial charge in [0.25, 0.3) is 0 Å². The van der Waals surface area contributed by atoms with Gasteiger partial charge in [-0.2, -0.15) is 0 Å². The van der Waals surface area contributed by atoms with Crippen molar-refractivity contribution < 1.29 is 4.42 Å². The first-order valence-corrected chi connectivity index (χ1v) is 21.1. The molecule has 2 aliphatic rings. The molecule has 0 unspecified atom stereocenters. The maximum atomic E-state index is 6.22. The van der Waals surface area contributed by atoms with Gasteiger partial charge in [0.15, 0.2) is 17.5 Å². The molecule has 2 aliphatic carbocycles. The lowest BCUT2D eigenvalue weighted by Crippen LogP contribution is -2.26. The SMILES string of the molecule is c1ccc(-c2nc(-c3ccc(-c4cccc5oc6ccccc6c45)cc3)nc(-c3cccc(-c4cccc5c4C4(c6ccccc6-c6ccccc64)c4ccccc4-5)c3)n2)cc1. The second kappa shape index (κ2) is 13.4. The minimum Gasteiger partial charge on any atom is -0.456 e. The molecule has 9 aromatic carbocycles. The van der Waals surface area contributed by atoms with E-state index in [2.05, 4.69) is 176 Å². The predicted molar refractivity (Wildman–Crippen MR) is 251 cm³/mol. The predicted octanol–water partition coefficient (Wildman–Crippen LogP) is 14.4. The largest absolute Gasteiger partial charge is 0.456 e. The fourth-order valence-corrected chi connectivity index (χ4v) is 10.4. The molecule has 0 radical (unpaired) electrons. The Morgan fingerprint density at radius 3 is 1.47 bits per heavy atom. The van der Waals surface area contributed by atoms with Gasteiger partial charge >= 0.3 is 0 Å². The van der Waals surface area contributed by atoms with Gasteiger partial charge in [-0.05, 0) is 85.0 Å². The highest BCUT2D eigenvalue weighted by Gasteiger charge is 2.52. The summed E-state index contributed by atoms with van der Waals surface area (Å²) in [5, 5.41) is 2.22. The molecule has 62 heavy (non-hydrogen) atoms. The summed E-state index contributed by atoms with van der Waals surface area (Å²) >= 11 is 0. The number of hydrogen-bond donors (Lipinski definition) is 0. The van der Waals surface area contributed by atoms with Gasteiger partial charge < -0.3 is 4.42 Å². The maximum Gasteiger partial charge on any atom is 0.164 e. The van der Waals surface area contributed by atoms with E-state index in [0.717, 1.165) is 55.3 Å². The van der Waals surface area contributed by atoms with E-state index < -0.39 is 5.41 Å². The third kappa shape index (κ3) is 4.98. The first kappa shape index (κ1) is 34.6. The summed E-state index contributed by atoms with van der Waals surface area (Å²) in [4.78, 5) is 15.5. The van der Waals surface area contributed by atoms with Gasteiger partial charge in [-0.25, -0.2) is 15.0 Å². The van der Waals surface area contributed by atoms with Crippen LogP contribution in [-0.4, -0.2) is 15.0 Å². The van der Waals surface area contributed by atoms with E-state index in [1.807, 2.05) is 36.4 Å². The zero-order valence-electron chi connectivity index (χ0n) is 33.5. The smallest absolute Gasteiger partial charge is 0.164 e. The molecule has 0 saturated heterocycles. The Hall–Kier alpha value is -8.21. The third-order valence-electron chi connectivity index (χ3n) is 13.0. The van der Waals surface area contributed by atoms with Gasteiger partial charge in [-0.1, -0.05) is 194 Å². The number of fused-ring (bicyclic) bond motifs is 13. The van der Waals surface area contributed by atoms with Crippen molar-refractivity contribution in [3.05, 3.63) is 235 Å². The summed E-state index contributed by atoms with van der Waals surface area (Å²) in [7, 11) is 0. The molecule has 0 fully saturated rings. The van der Waals surface area contributed by atoms with Crippen molar-refractivity contribution in [3.8, 4) is 78.7 Å². The molecule has 0 amide bonds. The van der Waals surface area contributed by atoms with Crippen molar-refractivity contribution in [2.45, 2.75) is 5.41 Å². The summed E-state index contributed by atoms with van der Waals surface area (Å²) in [5.41, 5.74) is 19.0. The fourth-order valence-electron chi connectivity index (χ4n) is 10.4. The maximum absolute atomic E-state index is 6.22. The Morgan fingerprint density at radius 2 is 0.758 bits per heavy atom. The van der Waals surface area contributed by atoms with Gasteiger partial charge in [0.1, 0.15) is 11.2 Å². The number of benzene rings is 9. The van der Waals surface area contributed by atoms with Crippen molar-refractivity contribution in [3.63, 3.8) is 0 Å². The number of furan rings is 1. The van der Waals surface area contributed by atoms with Crippen molar-refractivity contribution in [2.24, 2.45) is 0 Å². The van der Waals surface area contributed by atoms with E-state index in [-0.39, 0.29) is 0 Å². The second-order valence-corrected chi connectivity index (χ2v) is 16.2. The van der Waals surface area contributed by atoms with Crippen LogP contribution in [0.4, 0.5) is 0 Å². The monoisotopic (exact) mass is 789 g/mol. The first-order valence-electron chi connectivity index (χ1n) is 21.1. The molecule has 0 bridgehead atoms. The normalized spacial score (nSPS) is 13.0. The molecule has 2 heterocycles. The molecular formula is C58H35N3O. The molecule has 0 N–H and O–H groups in total. The highest BCUT2D eigenvalue weighted by atomic mass is 16.3. The molecule has 4 heteroatoms. The Balaban J connectivity index is 0.963. The van der Waals surface area contributed by atoms with Crippen LogP contribution in [0, 0.1) is 0 Å². The molecule has 11 aromatic rings. The highest BCUT2D eigenvalue weighted by molar-refractivity contribution is 6.12. The molecule has 4 nitrogen and oxygen atoms in total. The van der Waals surface area contributed by atoms with Gasteiger partial charge in [-0.15, -0.1) is 0 Å².